The number of pyridine rings is 1. The Morgan fingerprint density at radius 2 is 2.07 bits per heavy atom. The van der Waals surface area contributed by atoms with E-state index < -0.39 is 24.8 Å². The summed E-state index contributed by atoms with van der Waals surface area (Å²) in [7, 11) is 0. The summed E-state index contributed by atoms with van der Waals surface area (Å²) in [4.78, 5) is 28.4. The fourth-order valence-electron chi connectivity index (χ4n) is 2.86. The number of rotatable bonds is 7. The largest absolute Gasteiger partial charge is 0.468 e. The van der Waals surface area contributed by atoms with Gasteiger partial charge in [-0.1, -0.05) is 12.1 Å². The van der Waals surface area contributed by atoms with Crippen molar-refractivity contribution in [1.82, 2.24) is 10.3 Å². The first-order valence-electron chi connectivity index (χ1n) is 9.26. The normalized spacial score (nSPS) is 16.2. The van der Waals surface area contributed by atoms with Crippen LogP contribution in [-0.2, 0) is 16.1 Å². The second-order valence-electron chi connectivity index (χ2n) is 6.63. The zero-order valence-electron chi connectivity index (χ0n) is 15.9. The minimum absolute atomic E-state index is 0.0770. The lowest BCUT2D eigenvalue weighted by Crippen LogP contribution is -2.27. The summed E-state index contributed by atoms with van der Waals surface area (Å²) in [6.07, 6.45) is -2.22. The van der Waals surface area contributed by atoms with Crippen LogP contribution in [0, 0.1) is 0 Å². The Morgan fingerprint density at radius 1 is 1.23 bits per heavy atom. The smallest absolute Gasteiger partial charge is 0.422 e. The number of ether oxygens (including phenoxy) is 2. The number of benzene rings is 1. The molecule has 30 heavy (non-hydrogen) atoms. The quantitative estimate of drug-likeness (QED) is 0.715. The number of anilines is 1. The molecule has 0 aliphatic carbocycles. The van der Waals surface area contributed by atoms with Gasteiger partial charge in [-0.25, -0.2) is 4.98 Å². The minimum atomic E-state index is -4.49. The molecule has 0 saturated carbocycles. The van der Waals surface area contributed by atoms with Gasteiger partial charge in [-0.05, 0) is 37.1 Å². The van der Waals surface area contributed by atoms with Crippen molar-refractivity contribution >= 4 is 17.5 Å². The molecule has 10 heteroatoms. The van der Waals surface area contributed by atoms with Gasteiger partial charge >= 0.3 is 6.18 Å². The lowest BCUT2D eigenvalue weighted by molar-refractivity contribution is -0.154. The van der Waals surface area contributed by atoms with Gasteiger partial charge in [-0.2, -0.15) is 13.2 Å². The third kappa shape index (κ3) is 6.18. The van der Waals surface area contributed by atoms with Gasteiger partial charge in [0.05, 0.1) is 0 Å². The van der Waals surface area contributed by atoms with Crippen molar-refractivity contribution in [3.63, 3.8) is 0 Å². The Morgan fingerprint density at radius 3 is 2.80 bits per heavy atom. The Bertz CT molecular complexity index is 899. The molecule has 160 valence electrons. The fraction of sp³-hybridized carbons (Fsp3) is 0.350. The molecule has 0 radical (unpaired) electrons. The zero-order valence-corrected chi connectivity index (χ0v) is 15.9. The molecule has 1 aromatic carbocycles. The number of hydrogen-bond donors (Lipinski definition) is 2. The predicted molar refractivity (Wildman–Crippen MR) is 101 cm³/mol. The molecule has 0 bridgehead atoms. The van der Waals surface area contributed by atoms with Crippen LogP contribution in [0.25, 0.3) is 0 Å². The number of halogens is 3. The molecule has 2 N–H and O–H groups in total. The molecule has 1 aliphatic rings. The van der Waals surface area contributed by atoms with E-state index >= 15 is 0 Å². The Labute approximate surface area is 170 Å². The first kappa shape index (κ1) is 21.6. The number of carbonyl (C=O) groups is 2. The Balaban J connectivity index is 1.59. The predicted octanol–water partition coefficient (Wildman–Crippen LogP) is 3.07. The summed E-state index contributed by atoms with van der Waals surface area (Å²) < 4.78 is 47.2. The van der Waals surface area contributed by atoms with Crippen LogP contribution in [0.5, 0.6) is 5.88 Å². The molecule has 2 heterocycles. The van der Waals surface area contributed by atoms with Gasteiger partial charge in [0.25, 0.3) is 11.8 Å². The fourth-order valence-corrected chi connectivity index (χ4v) is 2.86. The average molecular weight is 423 g/mol. The standard InChI is InChI=1S/C20H20F3N3O4/c21-20(22,23)12-30-19-14(5-2-8-24-19)11-25-17(27)13-4-1-6-15(10-13)26-18(28)16-7-3-9-29-16/h1-2,4-6,8,10,16H,3,7,9,11-12H2,(H,25,27)(H,26,28). The molecule has 0 spiro atoms. The molecular weight excluding hydrogens is 403 g/mol. The van der Waals surface area contributed by atoms with Gasteiger partial charge in [-0.15, -0.1) is 0 Å². The second-order valence-corrected chi connectivity index (χ2v) is 6.63. The zero-order chi connectivity index (χ0) is 21.6. The second kappa shape index (κ2) is 9.57. The molecule has 2 aromatic rings. The highest BCUT2D eigenvalue weighted by molar-refractivity contribution is 5.98. The van der Waals surface area contributed by atoms with Crippen molar-refractivity contribution < 1.29 is 32.2 Å². The maximum atomic E-state index is 12.5. The van der Waals surface area contributed by atoms with E-state index in [1.54, 1.807) is 18.2 Å². The van der Waals surface area contributed by atoms with E-state index in [2.05, 4.69) is 15.6 Å². The number of hydrogen-bond acceptors (Lipinski definition) is 5. The first-order valence-corrected chi connectivity index (χ1v) is 9.26. The monoisotopic (exact) mass is 423 g/mol. The van der Waals surface area contributed by atoms with Crippen LogP contribution < -0.4 is 15.4 Å². The van der Waals surface area contributed by atoms with E-state index in [1.165, 1.54) is 24.4 Å². The van der Waals surface area contributed by atoms with Crippen LogP contribution in [0.4, 0.5) is 18.9 Å². The Hall–Kier alpha value is -3.14. The van der Waals surface area contributed by atoms with Crippen LogP contribution in [-0.4, -0.2) is 42.3 Å². The third-order valence-electron chi connectivity index (χ3n) is 4.28. The number of aromatic nitrogens is 1. The minimum Gasteiger partial charge on any atom is -0.468 e. The number of alkyl halides is 3. The third-order valence-corrected chi connectivity index (χ3v) is 4.28. The summed E-state index contributed by atoms with van der Waals surface area (Å²) in [5.41, 5.74) is 1.03. The van der Waals surface area contributed by atoms with E-state index in [0.717, 1.165) is 6.42 Å². The summed E-state index contributed by atoms with van der Waals surface area (Å²) in [6.45, 7) is -1.01. The highest BCUT2D eigenvalue weighted by Gasteiger charge is 2.29. The highest BCUT2D eigenvalue weighted by atomic mass is 19.4. The topological polar surface area (TPSA) is 89.5 Å². The van der Waals surface area contributed by atoms with E-state index in [-0.39, 0.29) is 23.9 Å². The van der Waals surface area contributed by atoms with Crippen molar-refractivity contribution in [2.45, 2.75) is 31.7 Å². The van der Waals surface area contributed by atoms with Gasteiger partial charge in [0, 0.05) is 36.2 Å². The van der Waals surface area contributed by atoms with Crippen molar-refractivity contribution in [1.29, 1.82) is 0 Å². The lowest BCUT2D eigenvalue weighted by Gasteiger charge is -2.13. The van der Waals surface area contributed by atoms with Gasteiger partial charge in [-0.3, -0.25) is 9.59 Å². The summed E-state index contributed by atoms with van der Waals surface area (Å²) in [5, 5.41) is 5.32. The number of carbonyl (C=O) groups excluding carboxylic acids is 2. The van der Waals surface area contributed by atoms with E-state index in [9.17, 15) is 22.8 Å². The van der Waals surface area contributed by atoms with Gasteiger partial charge < -0.3 is 20.1 Å². The van der Waals surface area contributed by atoms with Crippen LogP contribution in [0.15, 0.2) is 42.6 Å². The summed E-state index contributed by atoms with van der Waals surface area (Å²) >= 11 is 0. The summed E-state index contributed by atoms with van der Waals surface area (Å²) in [5.74, 6) is -0.937. The van der Waals surface area contributed by atoms with Gasteiger partial charge in [0.2, 0.25) is 5.88 Å². The molecule has 1 aromatic heterocycles. The SMILES string of the molecule is O=C(NCc1cccnc1OCC(F)(F)F)c1cccc(NC(=O)C2CCCO2)c1. The van der Waals surface area contributed by atoms with E-state index in [1.807, 2.05) is 0 Å². The molecule has 7 nitrogen and oxygen atoms in total. The van der Waals surface area contributed by atoms with Crippen LogP contribution in [0.1, 0.15) is 28.8 Å². The van der Waals surface area contributed by atoms with Crippen molar-refractivity contribution in [2.75, 3.05) is 18.5 Å². The summed E-state index contributed by atoms with van der Waals surface area (Å²) in [6, 6.07) is 9.37. The molecular formula is C20H20F3N3O4. The van der Waals surface area contributed by atoms with Crippen molar-refractivity contribution in [3.8, 4) is 5.88 Å². The highest BCUT2D eigenvalue weighted by Crippen LogP contribution is 2.20. The molecule has 1 unspecified atom stereocenters. The lowest BCUT2D eigenvalue weighted by atomic mass is 10.1. The molecule has 2 amide bonds. The average Bonchev–Trinajstić information content (AvgIpc) is 3.26. The Kier molecular flexibility index (Phi) is 6.88. The number of nitrogens with one attached hydrogen (secondary N) is 2. The van der Waals surface area contributed by atoms with Crippen molar-refractivity contribution in [3.05, 3.63) is 53.7 Å². The van der Waals surface area contributed by atoms with E-state index in [0.29, 0.717) is 24.3 Å². The molecule has 1 aliphatic heterocycles. The van der Waals surface area contributed by atoms with Crippen LogP contribution in [0.3, 0.4) is 0 Å². The number of amides is 2. The maximum Gasteiger partial charge on any atom is 0.422 e. The van der Waals surface area contributed by atoms with Crippen molar-refractivity contribution in [2.24, 2.45) is 0 Å². The number of nitrogens with zero attached hydrogens (tertiary/aromatic N) is 1. The molecule has 1 saturated heterocycles. The van der Waals surface area contributed by atoms with Gasteiger partial charge in [0.15, 0.2) is 6.61 Å². The molecule has 1 fully saturated rings. The maximum absolute atomic E-state index is 12.5. The van der Waals surface area contributed by atoms with Gasteiger partial charge in [0.1, 0.15) is 6.10 Å². The first-order chi connectivity index (χ1) is 14.3. The molecule has 1 atom stereocenters. The van der Waals surface area contributed by atoms with Crippen LogP contribution in [0.2, 0.25) is 0 Å². The van der Waals surface area contributed by atoms with E-state index in [4.69, 9.17) is 9.47 Å². The van der Waals surface area contributed by atoms with Crippen LogP contribution >= 0.6 is 0 Å². The molecule has 3 rings (SSSR count).